The molecule has 0 unspecified atom stereocenters. The molecular weight excluding hydrogens is 246 g/mol. The third kappa shape index (κ3) is 3.38. The first-order valence-corrected chi connectivity index (χ1v) is 6.42. The minimum Gasteiger partial charge on any atom is -0.497 e. The average Bonchev–Trinajstić information content (AvgIpc) is 2.97. The van der Waals surface area contributed by atoms with Gasteiger partial charge < -0.3 is 9.47 Å². The molecule has 0 aromatic heterocycles. The first-order chi connectivity index (χ1) is 9.24. The molecule has 0 saturated heterocycles. The molecule has 1 N–H and O–H groups in total. The zero-order valence-electron chi connectivity index (χ0n) is 11.3. The summed E-state index contributed by atoms with van der Waals surface area (Å²) in [5, 5.41) is 0. The summed E-state index contributed by atoms with van der Waals surface area (Å²) in [6.45, 7) is 0. The first kappa shape index (κ1) is 13.7. The lowest BCUT2D eigenvalue weighted by molar-refractivity contribution is -0.0126. The second-order valence-electron chi connectivity index (χ2n) is 4.52. The lowest BCUT2D eigenvalue weighted by Gasteiger charge is -2.13. The quantitative estimate of drug-likeness (QED) is 0.830. The normalized spacial score (nSPS) is 15.3. The number of hydrogen-bond donors (Lipinski definition) is 1. The van der Waals surface area contributed by atoms with Crippen LogP contribution in [0, 0.1) is 0 Å². The molecule has 1 amide bonds. The fraction of sp³-hybridized carbons (Fsp3) is 0.500. The Labute approximate surface area is 112 Å². The van der Waals surface area contributed by atoms with Gasteiger partial charge >= 0.3 is 0 Å². The van der Waals surface area contributed by atoms with Gasteiger partial charge in [0, 0.05) is 0 Å². The summed E-state index contributed by atoms with van der Waals surface area (Å²) < 4.78 is 10.3. The van der Waals surface area contributed by atoms with Crippen LogP contribution in [0.25, 0.3) is 0 Å². The van der Waals surface area contributed by atoms with Gasteiger partial charge in [-0.1, -0.05) is 12.8 Å². The SMILES string of the molecule is COc1ccc(OC)c(C(=O)NOC2CCCC2)c1. The van der Waals surface area contributed by atoms with Gasteiger partial charge in [-0.2, -0.15) is 0 Å². The fourth-order valence-electron chi connectivity index (χ4n) is 2.19. The van der Waals surface area contributed by atoms with Crippen LogP contribution in [0.3, 0.4) is 0 Å². The van der Waals surface area contributed by atoms with Crippen LogP contribution in [0.2, 0.25) is 0 Å². The molecule has 0 aliphatic heterocycles. The molecule has 1 aromatic carbocycles. The topological polar surface area (TPSA) is 56.8 Å². The summed E-state index contributed by atoms with van der Waals surface area (Å²) in [5.41, 5.74) is 2.90. The highest BCUT2D eigenvalue weighted by atomic mass is 16.7. The third-order valence-electron chi connectivity index (χ3n) is 3.27. The van der Waals surface area contributed by atoms with E-state index in [0.717, 1.165) is 25.7 Å². The van der Waals surface area contributed by atoms with E-state index in [4.69, 9.17) is 14.3 Å². The first-order valence-electron chi connectivity index (χ1n) is 6.42. The van der Waals surface area contributed by atoms with E-state index in [9.17, 15) is 4.79 Å². The predicted molar refractivity (Wildman–Crippen MR) is 70.4 cm³/mol. The van der Waals surface area contributed by atoms with Crippen molar-refractivity contribution in [3.63, 3.8) is 0 Å². The van der Waals surface area contributed by atoms with Crippen molar-refractivity contribution < 1.29 is 19.1 Å². The van der Waals surface area contributed by atoms with Crippen molar-refractivity contribution >= 4 is 5.91 Å². The molecule has 0 atom stereocenters. The van der Waals surface area contributed by atoms with Crippen molar-refractivity contribution in [2.75, 3.05) is 14.2 Å². The van der Waals surface area contributed by atoms with Crippen molar-refractivity contribution in [3.8, 4) is 11.5 Å². The van der Waals surface area contributed by atoms with Gasteiger partial charge in [0.1, 0.15) is 11.5 Å². The van der Waals surface area contributed by atoms with E-state index >= 15 is 0 Å². The summed E-state index contributed by atoms with van der Waals surface area (Å²) in [6, 6.07) is 5.07. The van der Waals surface area contributed by atoms with Crippen molar-refractivity contribution in [1.29, 1.82) is 0 Å². The summed E-state index contributed by atoms with van der Waals surface area (Å²) in [7, 11) is 3.08. The molecule has 0 heterocycles. The van der Waals surface area contributed by atoms with E-state index in [2.05, 4.69) is 5.48 Å². The van der Waals surface area contributed by atoms with Crippen LogP contribution in [0.5, 0.6) is 11.5 Å². The van der Waals surface area contributed by atoms with Crippen LogP contribution in [-0.4, -0.2) is 26.2 Å². The number of hydrogen-bond acceptors (Lipinski definition) is 4. The molecule has 1 aliphatic carbocycles. The Morgan fingerprint density at radius 2 is 1.95 bits per heavy atom. The van der Waals surface area contributed by atoms with Crippen molar-refractivity contribution in [2.45, 2.75) is 31.8 Å². The summed E-state index contributed by atoms with van der Waals surface area (Å²) >= 11 is 0. The van der Waals surface area contributed by atoms with Gasteiger partial charge in [0.25, 0.3) is 5.91 Å². The molecule has 0 bridgehead atoms. The zero-order chi connectivity index (χ0) is 13.7. The smallest absolute Gasteiger partial charge is 0.278 e. The second kappa shape index (κ2) is 6.43. The van der Waals surface area contributed by atoms with Crippen LogP contribution in [0.4, 0.5) is 0 Å². The Bertz CT molecular complexity index is 441. The molecule has 0 radical (unpaired) electrons. The van der Waals surface area contributed by atoms with Gasteiger partial charge in [-0.15, -0.1) is 0 Å². The van der Waals surface area contributed by atoms with Crippen LogP contribution in [0.15, 0.2) is 18.2 Å². The minimum atomic E-state index is -0.317. The van der Waals surface area contributed by atoms with E-state index in [-0.39, 0.29) is 12.0 Å². The Balaban J connectivity index is 2.03. The lowest BCUT2D eigenvalue weighted by Crippen LogP contribution is -2.28. The van der Waals surface area contributed by atoms with Crippen LogP contribution < -0.4 is 15.0 Å². The lowest BCUT2D eigenvalue weighted by atomic mass is 10.2. The van der Waals surface area contributed by atoms with Gasteiger partial charge in [0.2, 0.25) is 0 Å². The van der Waals surface area contributed by atoms with E-state index < -0.39 is 0 Å². The Morgan fingerprint density at radius 3 is 2.58 bits per heavy atom. The highest BCUT2D eigenvalue weighted by Crippen LogP contribution is 2.24. The zero-order valence-corrected chi connectivity index (χ0v) is 11.3. The van der Waals surface area contributed by atoms with Gasteiger partial charge in [-0.3, -0.25) is 9.63 Å². The molecule has 1 fully saturated rings. The van der Waals surface area contributed by atoms with Crippen LogP contribution >= 0.6 is 0 Å². The monoisotopic (exact) mass is 265 g/mol. The number of carbonyl (C=O) groups excluding carboxylic acids is 1. The predicted octanol–water partition coefficient (Wildman–Crippen LogP) is 2.31. The number of nitrogens with one attached hydrogen (secondary N) is 1. The average molecular weight is 265 g/mol. The Morgan fingerprint density at radius 1 is 1.21 bits per heavy atom. The molecule has 104 valence electrons. The Hall–Kier alpha value is -1.75. The molecule has 2 rings (SSSR count). The van der Waals surface area contributed by atoms with Crippen molar-refractivity contribution in [1.82, 2.24) is 5.48 Å². The maximum Gasteiger partial charge on any atom is 0.278 e. The maximum absolute atomic E-state index is 12.1. The summed E-state index contributed by atoms with van der Waals surface area (Å²) in [4.78, 5) is 17.5. The highest BCUT2D eigenvalue weighted by molar-refractivity contribution is 5.96. The van der Waals surface area contributed by atoms with Crippen molar-refractivity contribution in [3.05, 3.63) is 23.8 Å². The molecule has 1 aromatic rings. The van der Waals surface area contributed by atoms with Crippen molar-refractivity contribution in [2.24, 2.45) is 0 Å². The number of ether oxygens (including phenoxy) is 2. The minimum absolute atomic E-state index is 0.126. The summed E-state index contributed by atoms with van der Waals surface area (Å²) in [6.07, 6.45) is 4.43. The van der Waals surface area contributed by atoms with Crippen LogP contribution in [0.1, 0.15) is 36.0 Å². The Kier molecular flexibility index (Phi) is 4.63. The fourth-order valence-corrected chi connectivity index (χ4v) is 2.19. The molecular formula is C14H19NO4. The van der Waals surface area contributed by atoms with E-state index in [0.29, 0.717) is 17.1 Å². The number of carbonyl (C=O) groups is 1. The molecule has 5 nitrogen and oxygen atoms in total. The number of amides is 1. The van der Waals surface area contributed by atoms with E-state index in [1.54, 1.807) is 25.3 Å². The van der Waals surface area contributed by atoms with Gasteiger partial charge in [-0.25, -0.2) is 5.48 Å². The van der Waals surface area contributed by atoms with E-state index in [1.165, 1.54) is 7.11 Å². The number of rotatable bonds is 5. The number of hydroxylamine groups is 1. The van der Waals surface area contributed by atoms with Gasteiger partial charge in [-0.05, 0) is 31.0 Å². The van der Waals surface area contributed by atoms with Gasteiger partial charge in [0.15, 0.2) is 0 Å². The largest absolute Gasteiger partial charge is 0.497 e. The maximum atomic E-state index is 12.1. The number of methoxy groups -OCH3 is 2. The highest BCUT2D eigenvalue weighted by Gasteiger charge is 2.19. The van der Waals surface area contributed by atoms with E-state index in [1.807, 2.05) is 0 Å². The molecule has 1 aliphatic rings. The summed E-state index contributed by atoms with van der Waals surface area (Å²) in [5.74, 6) is 0.780. The molecule has 0 spiro atoms. The molecule has 1 saturated carbocycles. The van der Waals surface area contributed by atoms with Crippen LogP contribution in [-0.2, 0) is 4.84 Å². The number of benzene rings is 1. The standard InChI is InChI=1S/C14H19NO4/c1-17-11-7-8-13(18-2)12(9-11)14(16)15-19-10-5-3-4-6-10/h7-10H,3-6H2,1-2H3,(H,15,16). The molecule has 5 heteroatoms. The molecule has 19 heavy (non-hydrogen) atoms. The second-order valence-corrected chi connectivity index (χ2v) is 4.52. The van der Waals surface area contributed by atoms with Gasteiger partial charge in [0.05, 0.1) is 25.9 Å². The third-order valence-corrected chi connectivity index (χ3v) is 3.27.